The van der Waals surface area contributed by atoms with Crippen molar-refractivity contribution < 1.29 is 14.3 Å². The molecule has 4 heteroatoms. The number of hydrogen-bond acceptors (Lipinski definition) is 3. The first-order valence-electron chi connectivity index (χ1n) is 8.79. The molecular weight excluding hydrogens is 314 g/mol. The minimum atomic E-state index is 0.0128. The molecule has 0 saturated carbocycles. The summed E-state index contributed by atoms with van der Waals surface area (Å²) in [6, 6.07) is 11.9. The van der Waals surface area contributed by atoms with E-state index >= 15 is 0 Å². The molecule has 134 valence electrons. The summed E-state index contributed by atoms with van der Waals surface area (Å²) in [5, 5.41) is 2.98. The molecule has 1 amide bonds. The summed E-state index contributed by atoms with van der Waals surface area (Å²) in [5.74, 6) is 1.49. The van der Waals surface area contributed by atoms with E-state index in [1.807, 2.05) is 58.0 Å². The van der Waals surface area contributed by atoms with Crippen molar-refractivity contribution in [3.63, 3.8) is 0 Å². The molecule has 25 heavy (non-hydrogen) atoms. The summed E-state index contributed by atoms with van der Waals surface area (Å²) < 4.78 is 11.2. The number of carbonyl (C=O) groups is 1. The molecule has 2 aromatic carbocycles. The zero-order valence-electron chi connectivity index (χ0n) is 15.5. The Bertz CT molecular complexity index is 725. The summed E-state index contributed by atoms with van der Waals surface area (Å²) >= 11 is 0. The van der Waals surface area contributed by atoms with Gasteiger partial charge >= 0.3 is 0 Å². The quantitative estimate of drug-likeness (QED) is 0.759. The standard InChI is InChI=1S/C21H27NO3/c1-5-24-19-11-8-17(14-20(19)25-6-2)9-12-21(23)22-18-10-7-15(3)13-16(18)4/h7-8,10-11,13-14H,5-6,9,12H2,1-4H3,(H,22,23). The van der Waals surface area contributed by atoms with Gasteiger partial charge in [0, 0.05) is 12.1 Å². The molecule has 0 atom stereocenters. The van der Waals surface area contributed by atoms with E-state index in [1.54, 1.807) is 0 Å². The first-order valence-corrected chi connectivity index (χ1v) is 8.79. The van der Waals surface area contributed by atoms with E-state index in [9.17, 15) is 4.79 Å². The summed E-state index contributed by atoms with van der Waals surface area (Å²) in [7, 11) is 0. The van der Waals surface area contributed by atoms with Crippen LogP contribution in [-0.4, -0.2) is 19.1 Å². The van der Waals surface area contributed by atoms with E-state index in [0.717, 1.165) is 28.3 Å². The fourth-order valence-corrected chi connectivity index (χ4v) is 2.68. The van der Waals surface area contributed by atoms with Crippen LogP contribution in [0, 0.1) is 13.8 Å². The summed E-state index contributed by atoms with van der Waals surface area (Å²) in [6.07, 6.45) is 1.08. The number of anilines is 1. The lowest BCUT2D eigenvalue weighted by atomic mass is 10.1. The van der Waals surface area contributed by atoms with Crippen LogP contribution < -0.4 is 14.8 Å². The third-order valence-electron chi connectivity index (χ3n) is 3.90. The normalized spacial score (nSPS) is 10.4. The van der Waals surface area contributed by atoms with Gasteiger partial charge in [-0.3, -0.25) is 4.79 Å². The number of nitrogens with one attached hydrogen (secondary N) is 1. The van der Waals surface area contributed by atoms with E-state index < -0.39 is 0 Å². The van der Waals surface area contributed by atoms with Crippen LogP contribution in [0.3, 0.4) is 0 Å². The molecule has 0 radical (unpaired) electrons. The number of rotatable bonds is 8. The Balaban J connectivity index is 1.97. The third-order valence-corrected chi connectivity index (χ3v) is 3.90. The predicted octanol–water partition coefficient (Wildman–Crippen LogP) is 4.67. The Labute approximate surface area is 150 Å². The summed E-state index contributed by atoms with van der Waals surface area (Å²) in [5.41, 5.74) is 4.20. The number of aryl methyl sites for hydroxylation is 3. The van der Waals surface area contributed by atoms with Gasteiger partial charge in [0.1, 0.15) is 0 Å². The molecule has 2 aromatic rings. The van der Waals surface area contributed by atoms with Crippen molar-refractivity contribution in [1.82, 2.24) is 0 Å². The molecule has 0 aliphatic heterocycles. The molecule has 0 aliphatic rings. The fourth-order valence-electron chi connectivity index (χ4n) is 2.68. The van der Waals surface area contributed by atoms with Gasteiger partial charge < -0.3 is 14.8 Å². The summed E-state index contributed by atoms with van der Waals surface area (Å²) in [6.45, 7) is 9.11. The minimum absolute atomic E-state index is 0.0128. The first kappa shape index (κ1) is 18.8. The second-order valence-corrected chi connectivity index (χ2v) is 6.01. The van der Waals surface area contributed by atoms with Crippen LogP contribution in [-0.2, 0) is 11.2 Å². The van der Waals surface area contributed by atoms with Crippen LogP contribution >= 0.6 is 0 Å². The van der Waals surface area contributed by atoms with Crippen molar-refractivity contribution >= 4 is 11.6 Å². The zero-order chi connectivity index (χ0) is 18.2. The van der Waals surface area contributed by atoms with E-state index in [-0.39, 0.29) is 5.91 Å². The smallest absolute Gasteiger partial charge is 0.224 e. The maximum absolute atomic E-state index is 12.2. The molecule has 4 nitrogen and oxygen atoms in total. The van der Waals surface area contributed by atoms with Gasteiger partial charge in [-0.25, -0.2) is 0 Å². The van der Waals surface area contributed by atoms with E-state index in [4.69, 9.17) is 9.47 Å². The van der Waals surface area contributed by atoms with E-state index in [1.165, 1.54) is 5.56 Å². The molecule has 0 spiro atoms. The molecular formula is C21H27NO3. The molecule has 0 heterocycles. The van der Waals surface area contributed by atoms with Crippen LogP contribution in [0.25, 0.3) is 0 Å². The average Bonchev–Trinajstić information content (AvgIpc) is 2.58. The molecule has 0 aliphatic carbocycles. The highest BCUT2D eigenvalue weighted by atomic mass is 16.5. The number of amides is 1. The Morgan fingerprint density at radius 2 is 1.68 bits per heavy atom. The Hall–Kier alpha value is -2.49. The van der Waals surface area contributed by atoms with Crippen LogP contribution in [0.1, 0.15) is 37.0 Å². The maximum atomic E-state index is 12.2. The topological polar surface area (TPSA) is 47.6 Å². The van der Waals surface area contributed by atoms with Crippen molar-refractivity contribution in [2.24, 2.45) is 0 Å². The van der Waals surface area contributed by atoms with Crippen LogP contribution in [0.5, 0.6) is 11.5 Å². The lowest BCUT2D eigenvalue weighted by Gasteiger charge is -2.13. The largest absolute Gasteiger partial charge is 0.490 e. The van der Waals surface area contributed by atoms with Crippen LogP contribution in [0.2, 0.25) is 0 Å². The SMILES string of the molecule is CCOc1ccc(CCC(=O)Nc2ccc(C)cc2C)cc1OCC. The number of benzene rings is 2. The second-order valence-electron chi connectivity index (χ2n) is 6.01. The molecule has 1 N–H and O–H groups in total. The highest BCUT2D eigenvalue weighted by Gasteiger charge is 2.09. The third kappa shape index (κ3) is 5.52. The van der Waals surface area contributed by atoms with Gasteiger partial charge in [-0.15, -0.1) is 0 Å². The molecule has 0 saturated heterocycles. The monoisotopic (exact) mass is 341 g/mol. The van der Waals surface area contributed by atoms with Crippen LogP contribution in [0.4, 0.5) is 5.69 Å². The number of carbonyl (C=O) groups excluding carboxylic acids is 1. The van der Waals surface area contributed by atoms with E-state index in [2.05, 4.69) is 11.4 Å². The minimum Gasteiger partial charge on any atom is -0.490 e. The Morgan fingerprint density at radius 1 is 0.960 bits per heavy atom. The van der Waals surface area contributed by atoms with Crippen molar-refractivity contribution in [2.75, 3.05) is 18.5 Å². The van der Waals surface area contributed by atoms with Gasteiger partial charge in [-0.2, -0.15) is 0 Å². The van der Waals surface area contributed by atoms with Crippen molar-refractivity contribution in [3.05, 3.63) is 53.1 Å². The van der Waals surface area contributed by atoms with E-state index in [0.29, 0.717) is 26.1 Å². The molecule has 0 unspecified atom stereocenters. The van der Waals surface area contributed by atoms with Gasteiger partial charge in [-0.05, 0) is 63.4 Å². The fraction of sp³-hybridized carbons (Fsp3) is 0.381. The zero-order valence-corrected chi connectivity index (χ0v) is 15.5. The van der Waals surface area contributed by atoms with Crippen molar-refractivity contribution in [1.29, 1.82) is 0 Å². The Kier molecular flexibility index (Phi) is 6.87. The Morgan fingerprint density at radius 3 is 2.36 bits per heavy atom. The second kappa shape index (κ2) is 9.11. The summed E-state index contributed by atoms with van der Waals surface area (Å²) in [4.78, 5) is 12.2. The molecule has 0 bridgehead atoms. The first-order chi connectivity index (χ1) is 12.0. The number of ether oxygens (including phenoxy) is 2. The van der Waals surface area contributed by atoms with Gasteiger partial charge in [0.05, 0.1) is 13.2 Å². The molecule has 0 aromatic heterocycles. The van der Waals surface area contributed by atoms with Gasteiger partial charge in [0.25, 0.3) is 0 Å². The van der Waals surface area contributed by atoms with Gasteiger partial charge in [0.15, 0.2) is 11.5 Å². The maximum Gasteiger partial charge on any atom is 0.224 e. The average molecular weight is 341 g/mol. The molecule has 2 rings (SSSR count). The van der Waals surface area contributed by atoms with Crippen molar-refractivity contribution in [2.45, 2.75) is 40.5 Å². The van der Waals surface area contributed by atoms with Gasteiger partial charge in [-0.1, -0.05) is 23.8 Å². The lowest BCUT2D eigenvalue weighted by Crippen LogP contribution is -2.13. The molecule has 0 fully saturated rings. The highest BCUT2D eigenvalue weighted by Crippen LogP contribution is 2.29. The van der Waals surface area contributed by atoms with Crippen LogP contribution in [0.15, 0.2) is 36.4 Å². The highest BCUT2D eigenvalue weighted by molar-refractivity contribution is 5.91. The predicted molar refractivity (Wildman–Crippen MR) is 102 cm³/mol. The van der Waals surface area contributed by atoms with Crippen molar-refractivity contribution in [3.8, 4) is 11.5 Å². The van der Waals surface area contributed by atoms with Gasteiger partial charge in [0.2, 0.25) is 5.91 Å². The lowest BCUT2D eigenvalue weighted by molar-refractivity contribution is -0.116. The number of hydrogen-bond donors (Lipinski definition) is 1.